The zero-order chi connectivity index (χ0) is 11.4. The molecule has 0 spiro atoms. The van der Waals surface area contributed by atoms with Crippen molar-refractivity contribution in [2.75, 3.05) is 13.6 Å². The summed E-state index contributed by atoms with van der Waals surface area (Å²) < 4.78 is 4.99. The maximum absolute atomic E-state index is 9.22. The third-order valence-electron chi connectivity index (χ3n) is 2.43. The minimum atomic E-state index is 0.261. The Morgan fingerprint density at radius 2 is 2.06 bits per heavy atom. The summed E-state index contributed by atoms with van der Waals surface area (Å²) in [6, 6.07) is 7.02. The van der Waals surface area contributed by atoms with Crippen molar-refractivity contribution in [3.05, 3.63) is 36.2 Å². The van der Waals surface area contributed by atoms with Gasteiger partial charge in [-0.05, 0) is 24.7 Å². The zero-order valence-corrected chi connectivity index (χ0v) is 9.10. The molecule has 0 fully saturated rings. The van der Waals surface area contributed by atoms with Crippen LogP contribution in [0.5, 0.6) is 5.75 Å². The maximum atomic E-state index is 9.22. The number of aromatic hydroxyl groups is 1. The van der Waals surface area contributed by atoms with Crippen molar-refractivity contribution in [1.82, 2.24) is 10.5 Å². The summed E-state index contributed by atoms with van der Waals surface area (Å²) in [5.74, 6) is 0.261. The maximum Gasteiger partial charge on any atom is 0.131 e. The molecule has 0 aliphatic carbocycles. The standard InChI is InChI=1S/C12H14N2O2/c1-13-7-6-12-11(8-16-14-12)9-2-4-10(15)5-3-9/h2-5,8,13,15H,6-7H2,1H3. The Kier molecular flexibility index (Phi) is 3.22. The molecule has 0 unspecified atom stereocenters. The van der Waals surface area contributed by atoms with Gasteiger partial charge in [-0.25, -0.2) is 0 Å². The van der Waals surface area contributed by atoms with Gasteiger partial charge in [-0.2, -0.15) is 0 Å². The van der Waals surface area contributed by atoms with Gasteiger partial charge in [-0.1, -0.05) is 17.3 Å². The van der Waals surface area contributed by atoms with Crippen molar-refractivity contribution in [2.45, 2.75) is 6.42 Å². The molecule has 4 nitrogen and oxygen atoms in total. The molecule has 84 valence electrons. The van der Waals surface area contributed by atoms with Gasteiger partial charge in [-0.3, -0.25) is 0 Å². The summed E-state index contributed by atoms with van der Waals surface area (Å²) >= 11 is 0. The van der Waals surface area contributed by atoms with Gasteiger partial charge in [0.05, 0.1) is 5.69 Å². The van der Waals surface area contributed by atoms with Crippen molar-refractivity contribution in [3.8, 4) is 16.9 Å². The number of rotatable bonds is 4. The van der Waals surface area contributed by atoms with E-state index in [9.17, 15) is 5.11 Å². The fraction of sp³-hybridized carbons (Fsp3) is 0.250. The molecular weight excluding hydrogens is 204 g/mol. The highest BCUT2D eigenvalue weighted by Crippen LogP contribution is 2.24. The highest BCUT2D eigenvalue weighted by Gasteiger charge is 2.09. The normalized spacial score (nSPS) is 10.6. The summed E-state index contributed by atoms with van der Waals surface area (Å²) in [7, 11) is 1.90. The highest BCUT2D eigenvalue weighted by molar-refractivity contribution is 5.65. The number of phenolic OH excluding ortho intramolecular Hbond substituents is 1. The van der Waals surface area contributed by atoms with Crippen molar-refractivity contribution >= 4 is 0 Å². The molecule has 0 saturated carbocycles. The van der Waals surface area contributed by atoms with E-state index in [0.29, 0.717) is 0 Å². The van der Waals surface area contributed by atoms with Crippen LogP contribution in [0, 0.1) is 0 Å². The lowest BCUT2D eigenvalue weighted by molar-refractivity contribution is 0.411. The molecule has 0 bridgehead atoms. The van der Waals surface area contributed by atoms with Crippen LogP contribution in [0.15, 0.2) is 35.1 Å². The molecule has 2 rings (SSSR count). The van der Waals surface area contributed by atoms with Crippen LogP contribution in [0.4, 0.5) is 0 Å². The summed E-state index contributed by atoms with van der Waals surface area (Å²) in [6.07, 6.45) is 2.46. The van der Waals surface area contributed by atoms with E-state index in [1.54, 1.807) is 18.4 Å². The second-order valence-electron chi connectivity index (χ2n) is 3.58. The SMILES string of the molecule is CNCCc1nocc1-c1ccc(O)cc1. The largest absolute Gasteiger partial charge is 0.508 e. The van der Waals surface area contributed by atoms with E-state index in [2.05, 4.69) is 10.5 Å². The molecule has 4 heteroatoms. The topological polar surface area (TPSA) is 58.3 Å². The smallest absolute Gasteiger partial charge is 0.131 e. The molecule has 1 aromatic carbocycles. The number of benzene rings is 1. The van der Waals surface area contributed by atoms with E-state index >= 15 is 0 Å². The van der Waals surface area contributed by atoms with Gasteiger partial charge in [0.15, 0.2) is 0 Å². The molecule has 0 atom stereocenters. The second-order valence-corrected chi connectivity index (χ2v) is 3.58. The minimum absolute atomic E-state index is 0.261. The van der Waals surface area contributed by atoms with Gasteiger partial charge in [-0.15, -0.1) is 0 Å². The van der Waals surface area contributed by atoms with Crippen LogP contribution in [-0.2, 0) is 6.42 Å². The lowest BCUT2D eigenvalue weighted by atomic mass is 10.1. The van der Waals surface area contributed by atoms with Crippen LogP contribution in [0.25, 0.3) is 11.1 Å². The lowest BCUT2D eigenvalue weighted by Crippen LogP contribution is -2.10. The minimum Gasteiger partial charge on any atom is -0.508 e. The Bertz CT molecular complexity index is 448. The Labute approximate surface area is 93.9 Å². The van der Waals surface area contributed by atoms with Gasteiger partial charge in [0.25, 0.3) is 0 Å². The molecule has 0 aliphatic heterocycles. The molecule has 0 radical (unpaired) electrons. The number of hydrogen-bond acceptors (Lipinski definition) is 4. The fourth-order valence-electron chi connectivity index (χ4n) is 1.56. The first-order chi connectivity index (χ1) is 7.81. The average molecular weight is 218 g/mol. The Balaban J connectivity index is 2.26. The predicted octanol–water partition coefficient (Wildman–Crippen LogP) is 1.81. The van der Waals surface area contributed by atoms with Crippen LogP contribution in [0.3, 0.4) is 0 Å². The van der Waals surface area contributed by atoms with Crippen molar-refractivity contribution < 1.29 is 9.63 Å². The Morgan fingerprint density at radius 3 is 2.75 bits per heavy atom. The number of hydrogen-bond donors (Lipinski definition) is 2. The monoisotopic (exact) mass is 218 g/mol. The quantitative estimate of drug-likeness (QED) is 0.821. The van der Waals surface area contributed by atoms with Gasteiger partial charge >= 0.3 is 0 Å². The van der Waals surface area contributed by atoms with E-state index in [-0.39, 0.29) is 5.75 Å². The molecule has 0 amide bonds. The van der Waals surface area contributed by atoms with Crippen LogP contribution < -0.4 is 5.32 Å². The van der Waals surface area contributed by atoms with Gasteiger partial charge < -0.3 is 14.9 Å². The van der Waals surface area contributed by atoms with Gasteiger partial charge in [0.1, 0.15) is 12.0 Å². The van der Waals surface area contributed by atoms with E-state index in [4.69, 9.17) is 4.52 Å². The molecule has 1 heterocycles. The first-order valence-corrected chi connectivity index (χ1v) is 5.18. The zero-order valence-electron chi connectivity index (χ0n) is 9.10. The third kappa shape index (κ3) is 2.23. The van der Waals surface area contributed by atoms with Crippen LogP contribution in [0.2, 0.25) is 0 Å². The number of phenols is 1. The van der Waals surface area contributed by atoms with E-state index in [0.717, 1.165) is 29.8 Å². The summed E-state index contributed by atoms with van der Waals surface area (Å²) in [4.78, 5) is 0. The Morgan fingerprint density at radius 1 is 1.31 bits per heavy atom. The van der Waals surface area contributed by atoms with E-state index in [1.165, 1.54) is 0 Å². The van der Waals surface area contributed by atoms with Crippen LogP contribution in [-0.4, -0.2) is 23.9 Å². The average Bonchev–Trinajstić information content (AvgIpc) is 2.75. The van der Waals surface area contributed by atoms with E-state index < -0.39 is 0 Å². The first-order valence-electron chi connectivity index (χ1n) is 5.18. The van der Waals surface area contributed by atoms with E-state index in [1.807, 2.05) is 19.2 Å². The van der Waals surface area contributed by atoms with Crippen molar-refractivity contribution in [1.29, 1.82) is 0 Å². The summed E-state index contributed by atoms with van der Waals surface area (Å²) in [5.41, 5.74) is 2.92. The molecular formula is C12H14N2O2. The number of likely N-dealkylation sites (N-methyl/N-ethyl adjacent to an activating group) is 1. The molecule has 2 aromatic rings. The highest BCUT2D eigenvalue weighted by atomic mass is 16.5. The number of aromatic nitrogens is 1. The first kappa shape index (κ1) is 10.7. The van der Waals surface area contributed by atoms with Gasteiger partial charge in [0, 0.05) is 18.5 Å². The molecule has 16 heavy (non-hydrogen) atoms. The number of nitrogens with zero attached hydrogens (tertiary/aromatic N) is 1. The summed E-state index contributed by atoms with van der Waals surface area (Å²) in [5, 5.41) is 16.3. The van der Waals surface area contributed by atoms with Crippen LogP contribution >= 0.6 is 0 Å². The van der Waals surface area contributed by atoms with Gasteiger partial charge in [0.2, 0.25) is 0 Å². The summed E-state index contributed by atoms with van der Waals surface area (Å²) in [6.45, 7) is 0.859. The molecule has 0 aliphatic rings. The fourth-order valence-corrected chi connectivity index (χ4v) is 1.56. The molecule has 0 saturated heterocycles. The molecule has 1 aromatic heterocycles. The van der Waals surface area contributed by atoms with Crippen molar-refractivity contribution in [3.63, 3.8) is 0 Å². The van der Waals surface area contributed by atoms with Crippen LogP contribution in [0.1, 0.15) is 5.69 Å². The lowest BCUT2D eigenvalue weighted by Gasteiger charge is -2.01. The number of nitrogens with one attached hydrogen (secondary N) is 1. The predicted molar refractivity (Wildman–Crippen MR) is 61.2 cm³/mol. The Hall–Kier alpha value is -1.81. The molecule has 2 N–H and O–H groups in total. The second kappa shape index (κ2) is 4.81. The van der Waals surface area contributed by atoms with Crippen molar-refractivity contribution in [2.24, 2.45) is 0 Å². The third-order valence-corrected chi connectivity index (χ3v) is 2.43.